The molecule has 6 heteroatoms. The summed E-state index contributed by atoms with van der Waals surface area (Å²) in [5.74, 6) is 0.917. The van der Waals surface area contributed by atoms with Crippen LogP contribution in [0, 0.1) is 6.92 Å². The van der Waals surface area contributed by atoms with E-state index in [0.29, 0.717) is 5.28 Å². The van der Waals surface area contributed by atoms with Crippen LogP contribution in [0.25, 0.3) is 21.3 Å². The molecule has 130 valence electrons. The Morgan fingerprint density at radius 2 is 1.80 bits per heavy atom. The smallest absolute Gasteiger partial charge is 0.225 e. The van der Waals surface area contributed by atoms with Crippen molar-refractivity contribution >= 4 is 39.0 Å². The Balaban J connectivity index is 1.94. The molecule has 1 aliphatic heterocycles. The van der Waals surface area contributed by atoms with Crippen LogP contribution in [0.5, 0.6) is 0 Å². The normalized spacial score (nSPS) is 21.0. The van der Waals surface area contributed by atoms with E-state index in [1.54, 1.807) is 11.3 Å². The molecule has 25 heavy (non-hydrogen) atoms. The number of nitrogens with zero attached hydrogens (tertiary/aromatic N) is 3. The predicted octanol–water partition coefficient (Wildman–Crippen LogP) is 4.93. The lowest BCUT2D eigenvalue weighted by Gasteiger charge is -2.36. The first kappa shape index (κ1) is 16.8. The Hall–Kier alpha value is -1.69. The first-order valence-electron chi connectivity index (χ1n) is 8.45. The van der Waals surface area contributed by atoms with Crippen molar-refractivity contribution in [3.8, 4) is 11.1 Å². The van der Waals surface area contributed by atoms with Gasteiger partial charge < -0.3 is 9.64 Å². The number of thiophene rings is 1. The van der Waals surface area contributed by atoms with E-state index in [2.05, 4.69) is 59.9 Å². The van der Waals surface area contributed by atoms with Gasteiger partial charge in [0.15, 0.2) is 0 Å². The number of rotatable bonds is 2. The van der Waals surface area contributed by atoms with Gasteiger partial charge in [0.05, 0.1) is 17.6 Å². The minimum absolute atomic E-state index is 0.160. The number of anilines is 1. The van der Waals surface area contributed by atoms with E-state index in [-0.39, 0.29) is 12.2 Å². The maximum absolute atomic E-state index is 6.25. The van der Waals surface area contributed by atoms with E-state index < -0.39 is 0 Å². The van der Waals surface area contributed by atoms with Crippen LogP contribution in [0.3, 0.4) is 0 Å². The molecule has 1 aliphatic rings. The van der Waals surface area contributed by atoms with Gasteiger partial charge in [-0.15, -0.1) is 11.3 Å². The van der Waals surface area contributed by atoms with Crippen molar-refractivity contribution in [3.05, 3.63) is 40.5 Å². The highest BCUT2D eigenvalue weighted by molar-refractivity contribution is 7.19. The molecular weight excluding hydrogens is 354 g/mol. The van der Waals surface area contributed by atoms with Crippen LogP contribution in [0.2, 0.25) is 5.28 Å². The second kappa shape index (κ2) is 6.56. The average Bonchev–Trinajstić information content (AvgIpc) is 2.89. The Bertz CT molecular complexity index is 902. The molecule has 0 bridgehead atoms. The van der Waals surface area contributed by atoms with Crippen molar-refractivity contribution in [2.24, 2.45) is 0 Å². The summed E-state index contributed by atoms with van der Waals surface area (Å²) in [6.07, 6.45) is 0.319. The zero-order valence-electron chi connectivity index (χ0n) is 14.5. The summed E-state index contributed by atoms with van der Waals surface area (Å²) >= 11 is 7.92. The first-order chi connectivity index (χ1) is 12.0. The van der Waals surface area contributed by atoms with Crippen LogP contribution in [-0.4, -0.2) is 35.3 Å². The molecule has 1 aromatic carbocycles. The third kappa shape index (κ3) is 3.12. The Morgan fingerprint density at radius 1 is 1.12 bits per heavy atom. The summed E-state index contributed by atoms with van der Waals surface area (Å²) in [4.78, 5) is 13.6. The molecule has 0 amide bonds. The Labute approximate surface area is 156 Å². The number of aromatic nitrogens is 2. The lowest BCUT2D eigenvalue weighted by atomic mass is 10.0. The van der Waals surface area contributed by atoms with Gasteiger partial charge in [-0.05, 0) is 37.9 Å². The molecule has 0 N–H and O–H groups in total. The summed E-state index contributed by atoms with van der Waals surface area (Å²) in [6, 6.07) is 10.4. The first-order valence-corrected chi connectivity index (χ1v) is 9.65. The molecule has 0 spiro atoms. The van der Waals surface area contributed by atoms with Crippen LogP contribution in [0.1, 0.15) is 18.7 Å². The number of morpholine rings is 1. The van der Waals surface area contributed by atoms with Gasteiger partial charge in [-0.1, -0.05) is 30.3 Å². The lowest BCUT2D eigenvalue weighted by molar-refractivity contribution is -0.00536. The molecule has 1 fully saturated rings. The summed E-state index contributed by atoms with van der Waals surface area (Å²) in [5, 5.41) is 1.40. The number of fused-ring (bicyclic) bond motifs is 1. The number of ether oxygens (including phenoxy) is 1. The van der Waals surface area contributed by atoms with Crippen molar-refractivity contribution in [3.63, 3.8) is 0 Å². The second-order valence-corrected chi connectivity index (χ2v) is 8.10. The van der Waals surface area contributed by atoms with E-state index in [0.717, 1.165) is 29.1 Å². The van der Waals surface area contributed by atoms with E-state index in [4.69, 9.17) is 16.3 Å². The van der Waals surface area contributed by atoms with Gasteiger partial charge in [0.2, 0.25) is 5.28 Å². The van der Waals surface area contributed by atoms with Crippen molar-refractivity contribution in [1.82, 2.24) is 9.97 Å². The van der Waals surface area contributed by atoms with Gasteiger partial charge in [-0.2, -0.15) is 4.98 Å². The third-order valence-corrected chi connectivity index (χ3v) is 5.63. The minimum atomic E-state index is 0.160. The maximum Gasteiger partial charge on any atom is 0.225 e. The highest BCUT2D eigenvalue weighted by Gasteiger charge is 2.27. The van der Waals surface area contributed by atoms with E-state index in [1.807, 2.05) is 6.07 Å². The van der Waals surface area contributed by atoms with Crippen molar-refractivity contribution in [1.29, 1.82) is 0 Å². The number of hydrogen-bond donors (Lipinski definition) is 0. The molecule has 2 atom stereocenters. The molecule has 3 aromatic rings. The average molecular weight is 374 g/mol. The Kier molecular flexibility index (Phi) is 4.40. The monoisotopic (exact) mass is 373 g/mol. The number of halogens is 1. The van der Waals surface area contributed by atoms with E-state index in [9.17, 15) is 0 Å². The van der Waals surface area contributed by atoms with Gasteiger partial charge in [-0.3, -0.25) is 0 Å². The summed E-state index contributed by atoms with van der Waals surface area (Å²) in [6.45, 7) is 7.93. The zero-order chi connectivity index (χ0) is 17.6. The molecule has 0 radical (unpaired) electrons. The molecule has 4 nitrogen and oxygen atoms in total. The predicted molar refractivity (Wildman–Crippen MR) is 105 cm³/mol. The van der Waals surface area contributed by atoms with Crippen molar-refractivity contribution in [2.45, 2.75) is 33.0 Å². The topological polar surface area (TPSA) is 38.2 Å². The van der Waals surface area contributed by atoms with Crippen molar-refractivity contribution in [2.75, 3.05) is 18.0 Å². The SMILES string of the molecule is Cc1sc2nc(Cl)nc(N3CC(C)OC(C)C3)c2c1-c1ccccc1. The molecular formula is C19H20ClN3OS. The molecule has 4 rings (SSSR count). The van der Waals surface area contributed by atoms with E-state index >= 15 is 0 Å². The fourth-order valence-electron chi connectivity index (χ4n) is 3.60. The van der Waals surface area contributed by atoms with Crippen LogP contribution in [0.4, 0.5) is 5.82 Å². The fraction of sp³-hybridized carbons (Fsp3) is 0.368. The van der Waals surface area contributed by atoms with Gasteiger partial charge in [0, 0.05) is 23.5 Å². The molecule has 2 aromatic heterocycles. The zero-order valence-corrected chi connectivity index (χ0v) is 16.1. The lowest BCUT2D eigenvalue weighted by Crippen LogP contribution is -2.46. The van der Waals surface area contributed by atoms with Crippen molar-refractivity contribution < 1.29 is 4.74 Å². The van der Waals surface area contributed by atoms with Gasteiger partial charge >= 0.3 is 0 Å². The number of aryl methyl sites for hydroxylation is 1. The van der Waals surface area contributed by atoms with E-state index in [1.165, 1.54) is 16.0 Å². The second-order valence-electron chi connectivity index (χ2n) is 6.56. The van der Waals surface area contributed by atoms with Gasteiger partial charge in [-0.25, -0.2) is 4.98 Å². The molecule has 2 unspecified atom stereocenters. The largest absolute Gasteiger partial charge is 0.372 e. The maximum atomic E-state index is 6.25. The number of hydrogen-bond acceptors (Lipinski definition) is 5. The molecule has 1 saturated heterocycles. The van der Waals surface area contributed by atoms with Gasteiger partial charge in [0.1, 0.15) is 10.6 Å². The Morgan fingerprint density at radius 3 is 2.48 bits per heavy atom. The molecule has 0 aliphatic carbocycles. The van der Waals surface area contributed by atoms with Crippen LogP contribution >= 0.6 is 22.9 Å². The molecule has 0 saturated carbocycles. The van der Waals surface area contributed by atoms with Crippen LogP contribution in [0.15, 0.2) is 30.3 Å². The summed E-state index contributed by atoms with van der Waals surface area (Å²) in [7, 11) is 0. The van der Waals surface area contributed by atoms with Crippen LogP contribution in [-0.2, 0) is 4.74 Å². The summed E-state index contributed by atoms with van der Waals surface area (Å²) < 4.78 is 5.88. The molecule has 3 heterocycles. The van der Waals surface area contributed by atoms with Gasteiger partial charge in [0.25, 0.3) is 0 Å². The number of benzene rings is 1. The quantitative estimate of drug-likeness (QED) is 0.597. The highest BCUT2D eigenvalue weighted by Crippen LogP contribution is 2.42. The highest BCUT2D eigenvalue weighted by atomic mass is 35.5. The summed E-state index contributed by atoms with van der Waals surface area (Å²) in [5.41, 5.74) is 2.40. The minimum Gasteiger partial charge on any atom is -0.372 e. The fourth-order valence-corrected chi connectivity index (χ4v) is 4.85. The van der Waals surface area contributed by atoms with Crippen LogP contribution < -0.4 is 4.90 Å². The third-order valence-electron chi connectivity index (χ3n) is 4.46. The standard InChI is InChI=1S/C19H20ClN3OS/c1-11-9-23(10-12(2)24-11)17-16-15(14-7-5-4-6-8-14)13(3)25-18(16)22-19(20)21-17/h4-8,11-12H,9-10H2,1-3H3.